The van der Waals surface area contributed by atoms with Gasteiger partial charge in [0.25, 0.3) is 0 Å². The van der Waals surface area contributed by atoms with Crippen LogP contribution in [0.1, 0.15) is 40.7 Å². The lowest BCUT2D eigenvalue weighted by Gasteiger charge is -2.22. The van der Waals surface area contributed by atoms with E-state index in [0.717, 1.165) is 43.7 Å². The molecular weight excluding hydrogens is 355 g/mol. The second-order valence-electron chi connectivity index (χ2n) is 7.43. The van der Waals surface area contributed by atoms with Gasteiger partial charge in [-0.25, -0.2) is 4.39 Å². The van der Waals surface area contributed by atoms with Crippen LogP contribution in [0.4, 0.5) is 4.39 Å². The lowest BCUT2D eigenvalue weighted by atomic mass is 10.0. The fourth-order valence-electron chi connectivity index (χ4n) is 3.49. The first-order valence-electron chi connectivity index (χ1n) is 9.86. The van der Waals surface area contributed by atoms with Crippen LogP contribution in [0.2, 0.25) is 0 Å². The van der Waals surface area contributed by atoms with E-state index < -0.39 is 0 Å². The number of carbonyl (C=O) groups is 2. The second kappa shape index (κ2) is 9.60. The van der Waals surface area contributed by atoms with E-state index in [2.05, 4.69) is 4.90 Å². The van der Waals surface area contributed by atoms with Crippen molar-refractivity contribution in [3.8, 4) is 0 Å². The summed E-state index contributed by atoms with van der Waals surface area (Å²) in [6, 6.07) is 14.0. The standard InChI is InChI=1S/C23H27FN2O2/c1-18-3-7-20(8-4-18)22(27)11-12-23(28)26-14-2-13-25(15-16-26)17-19-5-9-21(24)10-6-19/h3-10H,2,11-17H2,1H3. The Bertz CT molecular complexity index is 802. The van der Waals surface area contributed by atoms with Crippen molar-refractivity contribution in [1.82, 2.24) is 9.80 Å². The summed E-state index contributed by atoms with van der Waals surface area (Å²) in [6.45, 7) is 5.82. The van der Waals surface area contributed by atoms with Crippen molar-refractivity contribution in [2.75, 3.05) is 26.2 Å². The number of rotatable bonds is 6. The molecule has 1 heterocycles. The van der Waals surface area contributed by atoms with Crippen molar-refractivity contribution in [2.45, 2.75) is 32.7 Å². The number of ketones is 1. The van der Waals surface area contributed by atoms with Crippen LogP contribution in [0.3, 0.4) is 0 Å². The van der Waals surface area contributed by atoms with Gasteiger partial charge in [-0.05, 0) is 31.0 Å². The Labute approximate surface area is 166 Å². The minimum absolute atomic E-state index is 0.0149. The fourth-order valence-corrected chi connectivity index (χ4v) is 3.49. The Morgan fingerprint density at radius 2 is 1.61 bits per heavy atom. The maximum atomic E-state index is 13.0. The van der Waals surface area contributed by atoms with Gasteiger partial charge in [0.15, 0.2) is 5.78 Å². The van der Waals surface area contributed by atoms with Crippen LogP contribution in [0, 0.1) is 12.7 Å². The zero-order chi connectivity index (χ0) is 19.9. The highest BCUT2D eigenvalue weighted by molar-refractivity contribution is 5.97. The summed E-state index contributed by atoms with van der Waals surface area (Å²) in [6.07, 6.45) is 1.40. The van der Waals surface area contributed by atoms with Gasteiger partial charge in [-0.1, -0.05) is 42.0 Å². The molecule has 0 spiro atoms. The van der Waals surface area contributed by atoms with Crippen LogP contribution in [-0.2, 0) is 11.3 Å². The molecule has 0 bridgehead atoms. The Morgan fingerprint density at radius 1 is 0.893 bits per heavy atom. The zero-order valence-corrected chi connectivity index (χ0v) is 16.4. The highest BCUT2D eigenvalue weighted by Gasteiger charge is 2.20. The van der Waals surface area contributed by atoms with Gasteiger partial charge < -0.3 is 4.90 Å². The molecule has 2 aromatic rings. The zero-order valence-electron chi connectivity index (χ0n) is 16.4. The van der Waals surface area contributed by atoms with E-state index in [1.807, 2.05) is 36.1 Å². The summed E-state index contributed by atoms with van der Waals surface area (Å²) in [7, 11) is 0. The molecule has 0 N–H and O–H groups in total. The first-order valence-corrected chi connectivity index (χ1v) is 9.86. The molecule has 0 aromatic heterocycles. The van der Waals surface area contributed by atoms with Gasteiger partial charge in [0.1, 0.15) is 5.82 Å². The Kier molecular flexibility index (Phi) is 6.93. The molecule has 148 valence electrons. The van der Waals surface area contributed by atoms with Gasteiger partial charge in [0.05, 0.1) is 0 Å². The van der Waals surface area contributed by atoms with Crippen LogP contribution in [-0.4, -0.2) is 47.7 Å². The van der Waals surface area contributed by atoms with Crippen molar-refractivity contribution in [2.24, 2.45) is 0 Å². The number of carbonyl (C=O) groups excluding carboxylic acids is 2. The van der Waals surface area contributed by atoms with Crippen LogP contribution < -0.4 is 0 Å². The van der Waals surface area contributed by atoms with Gasteiger partial charge in [-0.15, -0.1) is 0 Å². The quantitative estimate of drug-likeness (QED) is 0.713. The first kappa shape index (κ1) is 20.2. The predicted molar refractivity (Wildman–Crippen MR) is 108 cm³/mol. The molecule has 1 aliphatic rings. The lowest BCUT2D eigenvalue weighted by Crippen LogP contribution is -2.35. The average molecular weight is 382 g/mol. The number of benzene rings is 2. The Balaban J connectivity index is 1.46. The minimum Gasteiger partial charge on any atom is -0.341 e. The largest absolute Gasteiger partial charge is 0.341 e. The summed E-state index contributed by atoms with van der Waals surface area (Å²) < 4.78 is 13.0. The third-order valence-corrected chi connectivity index (χ3v) is 5.20. The van der Waals surface area contributed by atoms with Crippen LogP contribution in [0.5, 0.6) is 0 Å². The monoisotopic (exact) mass is 382 g/mol. The normalized spacial score (nSPS) is 15.3. The summed E-state index contributed by atoms with van der Waals surface area (Å²) in [5.74, 6) is -0.165. The number of halogens is 1. The van der Waals surface area contributed by atoms with E-state index in [1.54, 1.807) is 12.1 Å². The van der Waals surface area contributed by atoms with Crippen molar-refractivity contribution in [3.63, 3.8) is 0 Å². The summed E-state index contributed by atoms with van der Waals surface area (Å²) in [5, 5.41) is 0. The molecule has 0 atom stereocenters. The van der Waals surface area contributed by atoms with E-state index in [9.17, 15) is 14.0 Å². The van der Waals surface area contributed by atoms with Gasteiger partial charge in [0, 0.05) is 51.1 Å². The molecule has 0 unspecified atom stereocenters. The number of hydrogen-bond donors (Lipinski definition) is 0. The number of hydrogen-bond acceptors (Lipinski definition) is 3. The maximum Gasteiger partial charge on any atom is 0.223 e. The van der Waals surface area contributed by atoms with Crippen LogP contribution in [0.15, 0.2) is 48.5 Å². The molecule has 28 heavy (non-hydrogen) atoms. The SMILES string of the molecule is Cc1ccc(C(=O)CCC(=O)N2CCCN(Cc3ccc(F)cc3)CC2)cc1. The topological polar surface area (TPSA) is 40.6 Å². The number of aryl methyl sites for hydroxylation is 1. The third-order valence-electron chi connectivity index (χ3n) is 5.20. The summed E-state index contributed by atoms with van der Waals surface area (Å²) in [4.78, 5) is 29.0. The molecule has 1 saturated heterocycles. The minimum atomic E-state index is -0.225. The highest BCUT2D eigenvalue weighted by Crippen LogP contribution is 2.13. The van der Waals surface area contributed by atoms with Gasteiger partial charge in [0.2, 0.25) is 5.91 Å². The van der Waals surface area contributed by atoms with Gasteiger partial charge in [-0.2, -0.15) is 0 Å². The molecule has 1 fully saturated rings. The second-order valence-corrected chi connectivity index (χ2v) is 7.43. The Morgan fingerprint density at radius 3 is 2.32 bits per heavy atom. The number of amides is 1. The van der Waals surface area contributed by atoms with Crippen molar-refractivity contribution >= 4 is 11.7 Å². The number of nitrogens with zero attached hydrogens (tertiary/aromatic N) is 2. The Hall–Kier alpha value is -2.53. The van der Waals surface area contributed by atoms with Crippen molar-refractivity contribution in [1.29, 1.82) is 0 Å². The third kappa shape index (κ3) is 5.73. The molecule has 4 nitrogen and oxygen atoms in total. The molecule has 2 aromatic carbocycles. The molecule has 0 saturated carbocycles. The first-order chi connectivity index (χ1) is 13.5. The van der Waals surface area contributed by atoms with E-state index in [4.69, 9.17) is 0 Å². The smallest absolute Gasteiger partial charge is 0.223 e. The van der Waals surface area contributed by atoms with Crippen molar-refractivity contribution < 1.29 is 14.0 Å². The maximum absolute atomic E-state index is 13.0. The molecular formula is C23H27FN2O2. The van der Waals surface area contributed by atoms with E-state index >= 15 is 0 Å². The summed E-state index contributed by atoms with van der Waals surface area (Å²) in [5.41, 5.74) is 2.85. The van der Waals surface area contributed by atoms with Gasteiger partial charge >= 0.3 is 0 Å². The highest BCUT2D eigenvalue weighted by atomic mass is 19.1. The van der Waals surface area contributed by atoms with E-state index in [1.165, 1.54) is 12.1 Å². The number of Topliss-reactive ketones (excluding diaryl/α,β-unsaturated/α-hetero) is 1. The molecule has 0 radical (unpaired) electrons. The van der Waals surface area contributed by atoms with Crippen LogP contribution >= 0.6 is 0 Å². The van der Waals surface area contributed by atoms with Crippen molar-refractivity contribution in [3.05, 3.63) is 71.0 Å². The van der Waals surface area contributed by atoms with E-state index in [-0.39, 0.29) is 30.3 Å². The molecule has 0 aliphatic carbocycles. The predicted octanol–water partition coefficient (Wildman–Crippen LogP) is 3.83. The fraction of sp³-hybridized carbons (Fsp3) is 0.391. The van der Waals surface area contributed by atoms with Crippen LogP contribution in [0.25, 0.3) is 0 Å². The molecule has 5 heteroatoms. The molecule has 1 amide bonds. The average Bonchev–Trinajstić information content (AvgIpc) is 2.94. The van der Waals surface area contributed by atoms with E-state index in [0.29, 0.717) is 12.1 Å². The summed E-state index contributed by atoms with van der Waals surface area (Å²) >= 11 is 0. The lowest BCUT2D eigenvalue weighted by molar-refractivity contribution is -0.131. The molecule has 3 rings (SSSR count). The van der Waals surface area contributed by atoms with Gasteiger partial charge in [-0.3, -0.25) is 14.5 Å². The molecule has 1 aliphatic heterocycles.